The average Bonchev–Trinajstić information content (AvgIpc) is 2.68. The third kappa shape index (κ3) is 4.91. The Hall–Kier alpha value is -0.0400. The SMILES string of the molecule is CCSCCC(O)c1c(Br)cnn1CCN(C)C. The molecule has 0 radical (unpaired) electrons. The van der Waals surface area contributed by atoms with Gasteiger partial charge in [-0.05, 0) is 48.0 Å². The van der Waals surface area contributed by atoms with E-state index >= 15 is 0 Å². The number of aromatic nitrogens is 2. The van der Waals surface area contributed by atoms with Crippen LogP contribution in [0.1, 0.15) is 25.1 Å². The van der Waals surface area contributed by atoms with Gasteiger partial charge in [0.1, 0.15) is 0 Å². The largest absolute Gasteiger partial charge is 0.387 e. The first-order valence-electron chi connectivity index (χ1n) is 6.18. The van der Waals surface area contributed by atoms with Crippen molar-refractivity contribution in [2.75, 3.05) is 32.1 Å². The maximum atomic E-state index is 10.2. The van der Waals surface area contributed by atoms with Gasteiger partial charge in [0.15, 0.2) is 0 Å². The molecule has 6 heteroatoms. The molecule has 0 saturated carbocycles. The molecule has 0 fully saturated rings. The summed E-state index contributed by atoms with van der Waals surface area (Å²) >= 11 is 5.32. The summed E-state index contributed by atoms with van der Waals surface area (Å²) < 4.78 is 2.79. The lowest BCUT2D eigenvalue weighted by atomic mass is 10.2. The Balaban J connectivity index is 2.64. The molecule has 18 heavy (non-hydrogen) atoms. The number of hydrogen-bond acceptors (Lipinski definition) is 4. The summed E-state index contributed by atoms with van der Waals surface area (Å²) in [7, 11) is 4.07. The monoisotopic (exact) mass is 335 g/mol. The van der Waals surface area contributed by atoms with Crippen molar-refractivity contribution in [1.82, 2.24) is 14.7 Å². The zero-order valence-electron chi connectivity index (χ0n) is 11.3. The Morgan fingerprint density at radius 3 is 2.89 bits per heavy atom. The van der Waals surface area contributed by atoms with Crippen LogP contribution in [0.25, 0.3) is 0 Å². The molecule has 0 saturated heterocycles. The van der Waals surface area contributed by atoms with Crippen LogP contribution in [0.4, 0.5) is 0 Å². The second kappa shape index (κ2) is 8.19. The Labute approximate surface area is 122 Å². The molecular weight excluding hydrogens is 314 g/mol. The van der Waals surface area contributed by atoms with Crippen molar-refractivity contribution in [3.8, 4) is 0 Å². The summed E-state index contributed by atoms with van der Waals surface area (Å²) in [6, 6.07) is 0. The van der Waals surface area contributed by atoms with Crippen molar-refractivity contribution < 1.29 is 5.11 Å². The number of hydrogen-bond donors (Lipinski definition) is 1. The van der Waals surface area contributed by atoms with Crippen LogP contribution in [0.2, 0.25) is 0 Å². The Kier molecular flexibility index (Phi) is 7.29. The fourth-order valence-electron chi connectivity index (χ4n) is 1.65. The predicted octanol–water partition coefficient (Wildman–Crippen LogP) is 2.38. The van der Waals surface area contributed by atoms with E-state index in [1.165, 1.54) is 0 Å². The van der Waals surface area contributed by atoms with Crippen LogP contribution in [0.3, 0.4) is 0 Å². The smallest absolute Gasteiger partial charge is 0.0976 e. The van der Waals surface area contributed by atoms with Crippen molar-refractivity contribution in [2.45, 2.75) is 26.0 Å². The number of thioether (sulfide) groups is 1. The van der Waals surface area contributed by atoms with E-state index in [0.29, 0.717) is 0 Å². The van der Waals surface area contributed by atoms with E-state index in [4.69, 9.17) is 0 Å². The van der Waals surface area contributed by atoms with Gasteiger partial charge in [-0.1, -0.05) is 6.92 Å². The van der Waals surface area contributed by atoms with Crippen LogP contribution in [-0.4, -0.2) is 51.9 Å². The summed E-state index contributed by atoms with van der Waals surface area (Å²) in [6.07, 6.45) is 2.09. The van der Waals surface area contributed by atoms with Crippen molar-refractivity contribution in [3.63, 3.8) is 0 Å². The number of rotatable bonds is 8. The molecule has 0 bridgehead atoms. The normalized spacial score (nSPS) is 13.2. The van der Waals surface area contributed by atoms with E-state index in [9.17, 15) is 5.11 Å². The maximum absolute atomic E-state index is 10.2. The molecule has 0 aliphatic carbocycles. The van der Waals surface area contributed by atoms with Crippen LogP contribution in [0.15, 0.2) is 10.7 Å². The highest BCUT2D eigenvalue weighted by Crippen LogP contribution is 2.26. The first-order valence-corrected chi connectivity index (χ1v) is 8.12. The molecule has 0 amide bonds. The minimum Gasteiger partial charge on any atom is -0.387 e. The van der Waals surface area contributed by atoms with E-state index in [2.05, 4.69) is 32.9 Å². The van der Waals surface area contributed by atoms with Crippen LogP contribution in [0.5, 0.6) is 0 Å². The van der Waals surface area contributed by atoms with E-state index in [-0.39, 0.29) is 0 Å². The first kappa shape index (κ1) is 16.0. The first-order chi connectivity index (χ1) is 8.56. The second-order valence-electron chi connectivity index (χ2n) is 4.41. The van der Waals surface area contributed by atoms with Gasteiger partial charge in [0.25, 0.3) is 0 Å². The molecule has 1 rings (SSSR count). The van der Waals surface area contributed by atoms with E-state index < -0.39 is 6.10 Å². The van der Waals surface area contributed by atoms with Crippen molar-refractivity contribution in [1.29, 1.82) is 0 Å². The van der Waals surface area contributed by atoms with E-state index in [0.717, 1.165) is 41.2 Å². The summed E-state index contributed by atoms with van der Waals surface area (Å²) in [4.78, 5) is 2.11. The molecule has 104 valence electrons. The number of nitrogens with zero attached hydrogens (tertiary/aromatic N) is 3. The van der Waals surface area contributed by atoms with Gasteiger partial charge >= 0.3 is 0 Å². The molecule has 1 N–H and O–H groups in total. The molecule has 0 aliphatic heterocycles. The highest BCUT2D eigenvalue weighted by atomic mass is 79.9. The van der Waals surface area contributed by atoms with E-state index in [1.54, 1.807) is 6.20 Å². The summed E-state index contributed by atoms with van der Waals surface area (Å²) in [5, 5.41) is 14.6. The lowest BCUT2D eigenvalue weighted by Crippen LogP contribution is -2.21. The van der Waals surface area contributed by atoms with Gasteiger partial charge in [-0.3, -0.25) is 4.68 Å². The standard InChI is InChI=1S/C12H22BrN3OS/c1-4-18-8-5-11(17)12-10(13)9-14-16(12)7-6-15(2)3/h9,11,17H,4-8H2,1-3H3. The average molecular weight is 336 g/mol. The lowest BCUT2D eigenvalue weighted by molar-refractivity contribution is 0.161. The van der Waals surface area contributed by atoms with Gasteiger partial charge in [0.05, 0.1) is 29.0 Å². The molecular formula is C12H22BrN3OS. The topological polar surface area (TPSA) is 41.3 Å². The van der Waals surface area contributed by atoms with Crippen molar-refractivity contribution in [3.05, 3.63) is 16.4 Å². The molecule has 1 atom stereocenters. The van der Waals surface area contributed by atoms with Crippen LogP contribution in [0, 0.1) is 0 Å². The van der Waals surface area contributed by atoms with Gasteiger partial charge in [0.2, 0.25) is 0 Å². The van der Waals surface area contributed by atoms with Crippen LogP contribution >= 0.6 is 27.7 Å². The molecule has 1 heterocycles. The summed E-state index contributed by atoms with van der Waals surface area (Å²) in [5.41, 5.74) is 0.897. The number of aliphatic hydroxyl groups excluding tert-OH is 1. The summed E-state index contributed by atoms with van der Waals surface area (Å²) in [6.45, 7) is 3.85. The quantitative estimate of drug-likeness (QED) is 0.740. The van der Waals surface area contributed by atoms with Gasteiger partial charge in [-0.25, -0.2) is 0 Å². The minimum absolute atomic E-state index is 0.442. The number of aliphatic hydroxyl groups is 1. The van der Waals surface area contributed by atoms with Gasteiger partial charge in [-0.2, -0.15) is 16.9 Å². The second-order valence-corrected chi connectivity index (χ2v) is 6.65. The third-order valence-electron chi connectivity index (χ3n) is 2.65. The Morgan fingerprint density at radius 2 is 2.28 bits per heavy atom. The van der Waals surface area contributed by atoms with Crippen molar-refractivity contribution >= 4 is 27.7 Å². The third-order valence-corrected chi connectivity index (χ3v) is 4.19. The fourth-order valence-corrected chi connectivity index (χ4v) is 2.89. The molecule has 0 aromatic carbocycles. The molecule has 1 aromatic rings. The van der Waals surface area contributed by atoms with Gasteiger partial charge in [-0.15, -0.1) is 0 Å². The van der Waals surface area contributed by atoms with Gasteiger partial charge in [0, 0.05) is 6.54 Å². The van der Waals surface area contributed by atoms with Gasteiger partial charge < -0.3 is 10.0 Å². The Morgan fingerprint density at radius 1 is 1.56 bits per heavy atom. The van der Waals surface area contributed by atoms with Crippen molar-refractivity contribution in [2.24, 2.45) is 0 Å². The number of halogens is 1. The Bertz CT molecular complexity index is 357. The minimum atomic E-state index is -0.442. The highest BCUT2D eigenvalue weighted by Gasteiger charge is 2.17. The van der Waals surface area contributed by atoms with Crippen LogP contribution in [-0.2, 0) is 6.54 Å². The fraction of sp³-hybridized carbons (Fsp3) is 0.750. The molecule has 1 unspecified atom stereocenters. The summed E-state index contributed by atoms with van der Waals surface area (Å²) in [5.74, 6) is 2.07. The van der Waals surface area contributed by atoms with Crippen LogP contribution < -0.4 is 0 Å². The molecule has 0 spiro atoms. The molecule has 0 aliphatic rings. The lowest BCUT2D eigenvalue weighted by Gasteiger charge is -2.16. The maximum Gasteiger partial charge on any atom is 0.0976 e. The highest BCUT2D eigenvalue weighted by molar-refractivity contribution is 9.10. The zero-order chi connectivity index (χ0) is 13.5. The van der Waals surface area contributed by atoms with E-state index in [1.807, 2.05) is 30.5 Å². The molecule has 4 nitrogen and oxygen atoms in total. The molecule has 1 aromatic heterocycles. The zero-order valence-corrected chi connectivity index (χ0v) is 13.7. The predicted molar refractivity (Wildman–Crippen MR) is 81.1 cm³/mol. The number of likely N-dealkylation sites (N-methyl/N-ethyl adjacent to an activating group) is 1.